The quantitative estimate of drug-likeness (QED) is 0.330. The first-order valence-corrected chi connectivity index (χ1v) is 6.56. The van der Waals surface area contributed by atoms with Gasteiger partial charge in [0.05, 0.1) is 11.5 Å². The van der Waals surface area contributed by atoms with Crippen molar-refractivity contribution in [1.82, 2.24) is 0 Å². The molecule has 0 radical (unpaired) electrons. The van der Waals surface area contributed by atoms with Crippen molar-refractivity contribution in [3.8, 4) is 0 Å². The number of aryl methyl sites for hydroxylation is 1. The molecule has 0 unspecified atom stereocenters. The standard InChI is InChI=1S/C12H15NO4S/c1-2-17-12(14)11-8-10(9-18-11)6-4-3-5-7-13(15)16/h5,7-9H,2-4,6H2,1H3. The van der Waals surface area contributed by atoms with Crippen LogP contribution in [-0.4, -0.2) is 17.5 Å². The topological polar surface area (TPSA) is 69.4 Å². The van der Waals surface area contributed by atoms with Crippen LogP contribution in [0, 0.1) is 10.1 Å². The molecule has 0 bridgehead atoms. The Morgan fingerprint density at radius 1 is 1.61 bits per heavy atom. The number of nitro groups is 1. The molecular weight excluding hydrogens is 254 g/mol. The molecule has 1 rings (SSSR count). The molecule has 0 aliphatic carbocycles. The van der Waals surface area contributed by atoms with Gasteiger partial charge < -0.3 is 4.74 Å². The van der Waals surface area contributed by atoms with Gasteiger partial charge in [0.15, 0.2) is 0 Å². The van der Waals surface area contributed by atoms with Crippen molar-refractivity contribution in [3.63, 3.8) is 0 Å². The van der Waals surface area contributed by atoms with Crippen molar-refractivity contribution in [1.29, 1.82) is 0 Å². The second-order valence-electron chi connectivity index (χ2n) is 3.60. The molecular formula is C12H15NO4S. The Morgan fingerprint density at radius 2 is 2.39 bits per heavy atom. The number of hydrogen-bond acceptors (Lipinski definition) is 5. The Labute approximate surface area is 109 Å². The van der Waals surface area contributed by atoms with Crippen molar-refractivity contribution in [3.05, 3.63) is 44.3 Å². The molecule has 18 heavy (non-hydrogen) atoms. The Balaban J connectivity index is 2.35. The molecule has 0 amide bonds. The normalized spacial score (nSPS) is 10.7. The van der Waals surface area contributed by atoms with E-state index < -0.39 is 4.92 Å². The predicted molar refractivity (Wildman–Crippen MR) is 69.3 cm³/mol. The Morgan fingerprint density at radius 3 is 3.06 bits per heavy atom. The number of hydrogen-bond donors (Lipinski definition) is 0. The van der Waals surface area contributed by atoms with Crippen molar-refractivity contribution >= 4 is 17.3 Å². The molecule has 6 heteroatoms. The maximum Gasteiger partial charge on any atom is 0.348 e. The fourth-order valence-electron chi connectivity index (χ4n) is 1.40. The van der Waals surface area contributed by atoms with Gasteiger partial charge in [-0.25, -0.2) is 4.79 Å². The number of allylic oxidation sites excluding steroid dienone is 1. The van der Waals surface area contributed by atoms with Crippen molar-refractivity contribution in [2.45, 2.75) is 26.2 Å². The third-order valence-electron chi connectivity index (χ3n) is 2.19. The monoisotopic (exact) mass is 269 g/mol. The van der Waals surface area contributed by atoms with Crippen LogP contribution in [0.15, 0.2) is 23.7 Å². The molecule has 0 fully saturated rings. The first kappa shape index (κ1) is 14.4. The number of carbonyl (C=O) groups excluding carboxylic acids is 1. The summed E-state index contributed by atoms with van der Waals surface area (Å²) in [5.74, 6) is -0.290. The van der Waals surface area contributed by atoms with Crippen LogP contribution in [0.1, 0.15) is 35.0 Å². The maximum atomic E-state index is 11.4. The second kappa shape index (κ2) is 7.60. The minimum absolute atomic E-state index is 0.290. The summed E-state index contributed by atoms with van der Waals surface area (Å²) >= 11 is 1.37. The number of esters is 1. The lowest BCUT2D eigenvalue weighted by Crippen LogP contribution is -2.01. The fourth-order valence-corrected chi connectivity index (χ4v) is 2.24. The third kappa shape index (κ3) is 5.09. The van der Waals surface area contributed by atoms with E-state index in [9.17, 15) is 14.9 Å². The van der Waals surface area contributed by atoms with Gasteiger partial charge in [0.25, 0.3) is 0 Å². The Hall–Kier alpha value is -1.69. The van der Waals surface area contributed by atoms with Gasteiger partial charge in [-0.3, -0.25) is 10.1 Å². The summed E-state index contributed by atoms with van der Waals surface area (Å²) in [6, 6.07) is 1.82. The summed E-state index contributed by atoms with van der Waals surface area (Å²) in [5.41, 5.74) is 1.07. The lowest BCUT2D eigenvalue weighted by Gasteiger charge is -1.96. The average Bonchev–Trinajstić information content (AvgIpc) is 2.77. The zero-order valence-corrected chi connectivity index (χ0v) is 10.9. The minimum Gasteiger partial charge on any atom is -0.462 e. The van der Waals surface area contributed by atoms with E-state index in [4.69, 9.17) is 4.74 Å². The summed E-state index contributed by atoms with van der Waals surface area (Å²) in [5, 5.41) is 12.0. The van der Waals surface area contributed by atoms with Gasteiger partial charge in [-0.15, -0.1) is 11.3 Å². The molecule has 0 aromatic carbocycles. The van der Waals surface area contributed by atoms with Gasteiger partial charge in [0.2, 0.25) is 6.20 Å². The largest absolute Gasteiger partial charge is 0.462 e. The van der Waals surface area contributed by atoms with Crippen LogP contribution < -0.4 is 0 Å². The smallest absolute Gasteiger partial charge is 0.348 e. The Kier molecular flexibility index (Phi) is 6.07. The lowest BCUT2D eigenvalue weighted by atomic mass is 10.1. The summed E-state index contributed by atoms with van der Waals surface area (Å²) in [6.45, 7) is 2.14. The summed E-state index contributed by atoms with van der Waals surface area (Å²) in [7, 11) is 0. The van der Waals surface area contributed by atoms with Gasteiger partial charge in [0, 0.05) is 0 Å². The van der Waals surface area contributed by atoms with Crippen LogP contribution in [0.5, 0.6) is 0 Å². The summed E-state index contributed by atoms with van der Waals surface area (Å²) in [6.07, 6.45) is 4.78. The molecule has 0 saturated heterocycles. The molecule has 0 saturated carbocycles. The van der Waals surface area contributed by atoms with E-state index in [0.29, 0.717) is 17.9 Å². The lowest BCUT2D eigenvalue weighted by molar-refractivity contribution is -0.402. The first-order chi connectivity index (χ1) is 8.63. The van der Waals surface area contributed by atoms with Crippen LogP contribution in [0.4, 0.5) is 0 Å². The van der Waals surface area contributed by atoms with Gasteiger partial charge in [0.1, 0.15) is 4.88 Å². The van der Waals surface area contributed by atoms with Crippen LogP contribution >= 0.6 is 11.3 Å². The highest BCUT2D eigenvalue weighted by molar-refractivity contribution is 7.12. The highest BCUT2D eigenvalue weighted by Crippen LogP contribution is 2.17. The minimum atomic E-state index is -0.469. The van der Waals surface area contributed by atoms with E-state index in [1.807, 2.05) is 11.4 Å². The number of thiophene rings is 1. The third-order valence-corrected chi connectivity index (χ3v) is 3.15. The first-order valence-electron chi connectivity index (χ1n) is 5.68. The average molecular weight is 269 g/mol. The molecule has 98 valence electrons. The zero-order chi connectivity index (χ0) is 13.4. The van der Waals surface area contributed by atoms with Gasteiger partial charge in [-0.2, -0.15) is 0 Å². The molecule has 5 nitrogen and oxygen atoms in total. The molecule has 1 heterocycles. The Bertz CT molecular complexity index is 439. The highest BCUT2D eigenvalue weighted by Gasteiger charge is 2.09. The molecule has 0 spiro atoms. The van der Waals surface area contributed by atoms with E-state index in [1.165, 1.54) is 11.3 Å². The van der Waals surface area contributed by atoms with E-state index in [-0.39, 0.29) is 5.97 Å². The SMILES string of the molecule is CCOC(=O)c1cc(CCCC=C[N+](=O)[O-])cs1. The molecule has 0 atom stereocenters. The number of nitrogens with zero attached hydrogens (tertiary/aromatic N) is 1. The van der Waals surface area contributed by atoms with Gasteiger partial charge >= 0.3 is 5.97 Å². The molecule has 0 aliphatic heterocycles. The van der Waals surface area contributed by atoms with Crippen LogP contribution in [0.2, 0.25) is 0 Å². The van der Waals surface area contributed by atoms with Gasteiger partial charge in [-0.05, 0) is 49.3 Å². The van der Waals surface area contributed by atoms with Crippen molar-refractivity contribution < 1.29 is 14.5 Å². The highest BCUT2D eigenvalue weighted by atomic mass is 32.1. The van der Waals surface area contributed by atoms with Crippen LogP contribution in [0.25, 0.3) is 0 Å². The number of rotatable bonds is 7. The molecule has 1 aromatic heterocycles. The number of unbranched alkanes of at least 4 members (excludes halogenated alkanes) is 1. The van der Waals surface area contributed by atoms with Crippen molar-refractivity contribution in [2.75, 3.05) is 6.61 Å². The zero-order valence-electron chi connectivity index (χ0n) is 10.1. The molecule has 0 N–H and O–H groups in total. The van der Waals surface area contributed by atoms with Crippen LogP contribution in [0.3, 0.4) is 0 Å². The fraction of sp³-hybridized carbons (Fsp3) is 0.417. The van der Waals surface area contributed by atoms with Crippen LogP contribution in [-0.2, 0) is 11.2 Å². The molecule has 1 aromatic rings. The predicted octanol–water partition coefficient (Wildman–Crippen LogP) is 3.04. The number of ether oxygens (including phenoxy) is 1. The van der Waals surface area contributed by atoms with E-state index in [1.54, 1.807) is 13.0 Å². The maximum absolute atomic E-state index is 11.4. The van der Waals surface area contributed by atoms with E-state index >= 15 is 0 Å². The van der Waals surface area contributed by atoms with E-state index in [2.05, 4.69) is 0 Å². The molecule has 0 aliphatic rings. The van der Waals surface area contributed by atoms with Crippen molar-refractivity contribution in [2.24, 2.45) is 0 Å². The van der Waals surface area contributed by atoms with Gasteiger partial charge in [-0.1, -0.05) is 0 Å². The summed E-state index contributed by atoms with van der Waals surface area (Å²) < 4.78 is 4.90. The second-order valence-corrected chi connectivity index (χ2v) is 4.51. The summed E-state index contributed by atoms with van der Waals surface area (Å²) in [4.78, 5) is 21.6. The van der Waals surface area contributed by atoms with E-state index in [0.717, 1.165) is 24.6 Å². The number of carbonyl (C=O) groups is 1.